The van der Waals surface area contributed by atoms with Crippen LogP contribution in [0.1, 0.15) is 38.3 Å². The highest BCUT2D eigenvalue weighted by Gasteiger charge is 2.58. The third-order valence-corrected chi connectivity index (χ3v) is 7.13. The molecule has 10 nitrogen and oxygen atoms in total. The number of benzene rings is 1. The fourth-order valence-electron chi connectivity index (χ4n) is 3.11. The van der Waals surface area contributed by atoms with Gasteiger partial charge in [0.15, 0.2) is 5.82 Å². The van der Waals surface area contributed by atoms with Crippen molar-refractivity contribution in [3.63, 3.8) is 0 Å². The van der Waals surface area contributed by atoms with Gasteiger partial charge >= 0.3 is 6.03 Å². The average Bonchev–Trinajstić information content (AvgIpc) is 3.59. The van der Waals surface area contributed by atoms with Crippen LogP contribution >= 0.6 is 0 Å². The molecule has 0 bridgehead atoms. The highest BCUT2D eigenvalue weighted by atomic mass is 32.2. The van der Waals surface area contributed by atoms with Crippen molar-refractivity contribution in [1.29, 1.82) is 0 Å². The lowest BCUT2D eigenvalue weighted by molar-refractivity contribution is 0.248. The minimum atomic E-state index is -4.22. The Balaban J connectivity index is 1.57. The van der Waals surface area contributed by atoms with Crippen molar-refractivity contribution in [3.8, 4) is 11.4 Å². The number of nitrogens with two attached hydrogens (primary N) is 1. The van der Waals surface area contributed by atoms with Crippen LogP contribution in [-0.4, -0.2) is 30.0 Å². The second-order valence-corrected chi connectivity index (χ2v) is 9.64. The standard InChI is InChI=1S/C18H20N6O4S/c1-17(6-7-17)23-16(25)20-12-4-2-11(3-5-12)15-21-13(10-14(19)22-15)18(8-9-18)29(27,28)24-26/h2-5,10H,6-9H2,1H3,(H2,19,21,22)(H2,20,23,25). The minimum absolute atomic E-state index is 0.0941. The number of nitrogens with one attached hydrogen (secondary N) is 2. The number of hydrogen-bond acceptors (Lipinski definition) is 7. The van der Waals surface area contributed by atoms with Crippen LogP contribution < -0.4 is 16.4 Å². The zero-order chi connectivity index (χ0) is 20.9. The van der Waals surface area contributed by atoms with Crippen LogP contribution in [-0.2, 0) is 14.8 Å². The van der Waals surface area contributed by atoms with E-state index in [-0.39, 0.29) is 41.7 Å². The van der Waals surface area contributed by atoms with Gasteiger partial charge in [0.1, 0.15) is 10.6 Å². The summed E-state index contributed by atoms with van der Waals surface area (Å²) >= 11 is 0. The Bertz CT molecular complexity index is 1090. The molecule has 1 aromatic heterocycles. The van der Waals surface area contributed by atoms with E-state index in [4.69, 9.17) is 5.73 Å². The zero-order valence-electron chi connectivity index (χ0n) is 15.7. The fourth-order valence-corrected chi connectivity index (χ4v) is 4.24. The molecule has 11 heteroatoms. The monoisotopic (exact) mass is 416 g/mol. The molecule has 29 heavy (non-hydrogen) atoms. The Morgan fingerprint density at radius 3 is 2.34 bits per heavy atom. The number of rotatable bonds is 6. The molecule has 2 saturated carbocycles. The van der Waals surface area contributed by atoms with Crippen LogP contribution in [0.3, 0.4) is 0 Å². The summed E-state index contributed by atoms with van der Waals surface area (Å²) in [6.07, 6.45) is 2.44. The first-order valence-electron chi connectivity index (χ1n) is 9.10. The number of amides is 2. The number of sulfonamides is 1. The molecule has 0 spiro atoms. The molecule has 0 radical (unpaired) electrons. The molecular formula is C18H20N6O4S. The van der Waals surface area contributed by atoms with Crippen molar-refractivity contribution in [2.45, 2.75) is 42.9 Å². The maximum absolute atomic E-state index is 12.1. The zero-order valence-corrected chi connectivity index (χ0v) is 16.5. The SMILES string of the molecule is CC1(NC(=O)Nc2ccc(-c3nc(N)cc(C4(S(=O)(=O)N=O)CC4)n3)cc2)CC1. The largest absolute Gasteiger partial charge is 0.384 e. The molecule has 152 valence electrons. The van der Waals surface area contributed by atoms with Crippen molar-refractivity contribution in [1.82, 2.24) is 15.3 Å². The van der Waals surface area contributed by atoms with E-state index in [0.29, 0.717) is 11.3 Å². The molecule has 4 N–H and O–H groups in total. The third-order valence-electron chi connectivity index (χ3n) is 5.33. The second-order valence-electron chi connectivity index (χ2n) is 7.76. The Kier molecular flexibility index (Phi) is 4.30. The van der Waals surface area contributed by atoms with Crippen LogP contribution in [0, 0.1) is 4.91 Å². The molecule has 0 saturated heterocycles. The molecule has 2 aromatic rings. The third kappa shape index (κ3) is 3.65. The molecule has 1 aromatic carbocycles. The summed E-state index contributed by atoms with van der Waals surface area (Å²) in [6, 6.07) is 7.85. The number of hydrogen-bond donors (Lipinski definition) is 3. The Morgan fingerprint density at radius 2 is 1.79 bits per heavy atom. The number of nitrogens with zero attached hydrogens (tertiary/aromatic N) is 3. The van der Waals surface area contributed by atoms with Crippen molar-refractivity contribution in [2.24, 2.45) is 4.58 Å². The van der Waals surface area contributed by atoms with Crippen LogP contribution in [0.5, 0.6) is 0 Å². The summed E-state index contributed by atoms with van der Waals surface area (Å²) in [5.41, 5.74) is 7.07. The average molecular weight is 416 g/mol. The summed E-state index contributed by atoms with van der Waals surface area (Å²) < 4.78 is 25.0. The number of nitroso groups, excluding NO2 is 1. The van der Waals surface area contributed by atoms with Gasteiger partial charge in [-0.25, -0.2) is 23.2 Å². The maximum atomic E-state index is 12.1. The summed E-state index contributed by atoms with van der Waals surface area (Å²) in [4.78, 5) is 31.3. The van der Waals surface area contributed by atoms with Gasteiger partial charge in [0.2, 0.25) is 0 Å². The molecule has 1 heterocycles. The normalized spacial score (nSPS) is 18.5. The first-order valence-corrected chi connectivity index (χ1v) is 10.5. The van der Waals surface area contributed by atoms with E-state index in [1.165, 1.54) is 6.07 Å². The van der Waals surface area contributed by atoms with Crippen LogP contribution in [0.25, 0.3) is 11.4 Å². The molecule has 2 aliphatic rings. The Morgan fingerprint density at radius 1 is 1.14 bits per heavy atom. The highest BCUT2D eigenvalue weighted by molar-refractivity contribution is 7.91. The first-order chi connectivity index (χ1) is 13.7. The van der Waals surface area contributed by atoms with Gasteiger partial charge < -0.3 is 16.4 Å². The van der Waals surface area contributed by atoms with Gasteiger partial charge in [-0.05, 0) is 56.9 Å². The lowest BCUT2D eigenvalue weighted by Gasteiger charge is -2.14. The van der Waals surface area contributed by atoms with E-state index in [1.807, 2.05) is 6.92 Å². The molecule has 4 rings (SSSR count). The number of urea groups is 1. The minimum Gasteiger partial charge on any atom is -0.384 e. The van der Waals surface area contributed by atoms with Gasteiger partial charge in [-0.15, -0.1) is 4.91 Å². The van der Waals surface area contributed by atoms with E-state index in [0.717, 1.165) is 12.8 Å². The van der Waals surface area contributed by atoms with Crippen LogP contribution in [0.4, 0.5) is 16.3 Å². The van der Waals surface area contributed by atoms with E-state index in [1.54, 1.807) is 24.3 Å². The van der Waals surface area contributed by atoms with E-state index < -0.39 is 14.8 Å². The van der Waals surface area contributed by atoms with Gasteiger partial charge in [-0.2, -0.15) is 0 Å². The summed E-state index contributed by atoms with van der Waals surface area (Å²) in [5.74, 6) is 0.325. The van der Waals surface area contributed by atoms with Crippen molar-refractivity contribution in [3.05, 3.63) is 40.9 Å². The quantitative estimate of drug-likeness (QED) is 0.610. The Hall–Kier alpha value is -3.08. The molecule has 2 fully saturated rings. The summed E-state index contributed by atoms with van der Waals surface area (Å²) in [5, 5.41) is 5.66. The van der Waals surface area contributed by atoms with Gasteiger partial charge in [-0.3, -0.25) is 0 Å². The molecule has 0 atom stereocenters. The van der Waals surface area contributed by atoms with E-state index in [9.17, 15) is 18.1 Å². The Labute approximate surface area is 167 Å². The number of carbonyl (C=O) groups excluding carboxylic acids is 1. The topological polar surface area (TPSA) is 156 Å². The van der Waals surface area contributed by atoms with Gasteiger partial charge in [-0.1, -0.05) is 0 Å². The smallest absolute Gasteiger partial charge is 0.319 e. The molecule has 0 unspecified atom stereocenters. The van der Waals surface area contributed by atoms with E-state index >= 15 is 0 Å². The molecule has 2 aliphatic carbocycles. The fraction of sp³-hybridized carbons (Fsp3) is 0.389. The summed E-state index contributed by atoms with van der Waals surface area (Å²) in [7, 11) is -4.22. The van der Waals surface area contributed by atoms with Gasteiger partial charge in [0, 0.05) is 22.9 Å². The van der Waals surface area contributed by atoms with Crippen molar-refractivity contribution >= 4 is 27.6 Å². The highest BCUT2D eigenvalue weighted by Crippen LogP contribution is 2.53. The number of carbonyl (C=O) groups is 1. The first kappa shape index (κ1) is 19.2. The molecule has 0 aliphatic heterocycles. The van der Waals surface area contributed by atoms with Gasteiger partial charge in [0.05, 0.1) is 10.3 Å². The van der Waals surface area contributed by atoms with Crippen molar-refractivity contribution in [2.75, 3.05) is 11.1 Å². The maximum Gasteiger partial charge on any atom is 0.319 e. The van der Waals surface area contributed by atoms with Gasteiger partial charge in [0.25, 0.3) is 10.0 Å². The lowest BCUT2D eigenvalue weighted by atomic mass is 10.1. The van der Waals surface area contributed by atoms with Crippen molar-refractivity contribution < 1.29 is 13.2 Å². The predicted molar refractivity (Wildman–Crippen MR) is 107 cm³/mol. The van der Waals surface area contributed by atoms with E-state index in [2.05, 4.69) is 25.2 Å². The number of aromatic nitrogens is 2. The number of anilines is 2. The predicted octanol–water partition coefficient (Wildman–Crippen LogP) is 2.49. The molecular weight excluding hydrogens is 396 g/mol. The second kappa shape index (κ2) is 6.48. The molecule has 2 amide bonds. The summed E-state index contributed by atoms with van der Waals surface area (Å²) in [6.45, 7) is 1.98. The lowest BCUT2D eigenvalue weighted by Crippen LogP contribution is -2.37. The number of nitrogen functional groups attached to an aromatic ring is 1. The van der Waals surface area contributed by atoms with Crippen LogP contribution in [0.2, 0.25) is 0 Å². The van der Waals surface area contributed by atoms with Crippen LogP contribution in [0.15, 0.2) is 34.9 Å².